The first-order valence-electron chi connectivity index (χ1n) is 8.38. The van der Waals surface area contributed by atoms with Gasteiger partial charge in [0.15, 0.2) is 0 Å². The summed E-state index contributed by atoms with van der Waals surface area (Å²) in [5.74, 6) is -0.356. The molecule has 136 valence electrons. The Morgan fingerprint density at radius 2 is 2.08 bits per heavy atom. The van der Waals surface area contributed by atoms with E-state index in [-0.39, 0.29) is 29.6 Å². The van der Waals surface area contributed by atoms with Crippen molar-refractivity contribution < 1.29 is 19.2 Å². The zero-order chi connectivity index (χ0) is 18.4. The summed E-state index contributed by atoms with van der Waals surface area (Å²) in [4.78, 5) is 36.1. The quantitative estimate of drug-likeness (QED) is 0.500. The van der Waals surface area contributed by atoms with Gasteiger partial charge < -0.3 is 15.0 Å². The second-order valence-corrected chi connectivity index (χ2v) is 6.04. The van der Waals surface area contributed by atoms with Crippen LogP contribution in [0.3, 0.4) is 0 Å². The van der Waals surface area contributed by atoms with Crippen molar-refractivity contribution in [1.82, 2.24) is 10.2 Å². The highest BCUT2D eigenvalue weighted by Crippen LogP contribution is 2.21. The van der Waals surface area contributed by atoms with E-state index in [0.717, 1.165) is 0 Å². The number of nitro groups is 1. The van der Waals surface area contributed by atoms with E-state index in [1.165, 1.54) is 12.1 Å². The van der Waals surface area contributed by atoms with Crippen molar-refractivity contribution in [2.45, 2.75) is 32.7 Å². The van der Waals surface area contributed by atoms with E-state index in [1.807, 2.05) is 0 Å². The molecule has 1 fully saturated rings. The van der Waals surface area contributed by atoms with Gasteiger partial charge in [0.1, 0.15) is 0 Å². The molecule has 1 aliphatic rings. The van der Waals surface area contributed by atoms with Gasteiger partial charge in [-0.15, -0.1) is 0 Å². The first-order valence-corrected chi connectivity index (χ1v) is 8.38. The number of benzene rings is 1. The van der Waals surface area contributed by atoms with Crippen LogP contribution in [0.15, 0.2) is 24.3 Å². The van der Waals surface area contributed by atoms with Crippen molar-refractivity contribution in [3.63, 3.8) is 0 Å². The number of rotatable bonds is 5. The molecule has 1 saturated heterocycles. The molecule has 0 aliphatic carbocycles. The van der Waals surface area contributed by atoms with Crippen LogP contribution in [0.5, 0.6) is 0 Å². The summed E-state index contributed by atoms with van der Waals surface area (Å²) in [6.07, 6.45) is 1.16. The Kier molecular flexibility index (Phi) is 6.32. The molecule has 1 aromatic carbocycles. The van der Waals surface area contributed by atoms with Crippen LogP contribution < -0.4 is 5.32 Å². The molecule has 25 heavy (non-hydrogen) atoms. The maximum atomic E-state index is 12.4. The lowest BCUT2D eigenvalue weighted by atomic mass is 9.97. The molecule has 0 bridgehead atoms. The van der Waals surface area contributed by atoms with Crippen molar-refractivity contribution in [3.8, 4) is 0 Å². The van der Waals surface area contributed by atoms with Crippen molar-refractivity contribution in [1.29, 1.82) is 0 Å². The van der Waals surface area contributed by atoms with Gasteiger partial charge in [-0.1, -0.05) is 12.1 Å². The van der Waals surface area contributed by atoms with Crippen molar-refractivity contribution in [2.75, 3.05) is 19.7 Å². The van der Waals surface area contributed by atoms with Gasteiger partial charge in [-0.05, 0) is 32.3 Å². The van der Waals surface area contributed by atoms with E-state index in [9.17, 15) is 19.7 Å². The summed E-state index contributed by atoms with van der Waals surface area (Å²) in [7, 11) is 0. The summed E-state index contributed by atoms with van der Waals surface area (Å²) < 4.78 is 5.02. The van der Waals surface area contributed by atoms with Crippen LogP contribution in [-0.4, -0.2) is 41.5 Å². The van der Waals surface area contributed by atoms with Gasteiger partial charge in [-0.3, -0.25) is 14.9 Å². The molecule has 1 unspecified atom stereocenters. The van der Waals surface area contributed by atoms with E-state index in [1.54, 1.807) is 30.9 Å². The zero-order valence-electron chi connectivity index (χ0n) is 14.4. The molecular formula is C17H23N3O5. The smallest absolute Gasteiger partial charge is 0.317 e. The van der Waals surface area contributed by atoms with E-state index < -0.39 is 4.92 Å². The summed E-state index contributed by atoms with van der Waals surface area (Å²) in [5, 5.41) is 13.7. The Morgan fingerprint density at radius 1 is 1.40 bits per heavy atom. The Labute approximate surface area is 146 Å². The van der Waals surface area contributed by atoms with Gasteiger partial charge in [-0.2, -0.15) is 0 Å². The van der Waals surface area contributed by atoms with Crippen molar-refractivity contribution in [2.24, 2.45) is 5.92 Å². The number of likely N-dealkylation sites (tertiary alicyclic amines) is 1. The molecule has 1 atom stereocenters. The molecule has 1 aliphatic heterocycles. The minimum Gasteiger partial charge on any atom is -0.466 e. The predicted octanol–water partition coefficient (Wildman–Crippen LogP) is 2.64. The van der Waals surface area contributed by atoms with Crippen LogP contribution in [-0.2, 0) is 9.53 Å². The van der Waals surface area contributed by atoms with Gasteiger partial charge in [-0.25, -0.2) is 4.79 Å². The first-order chi connectivity index (χ1) is 11.9. The molecule has 0 radical (unpaired) electrons. The lowest BCUT2D eigenvalue weighted by molar-refractivity contribution is -0.384. The third-order valence-corrected chi connectivity index (χ3v) is 4.32. The first kappa shape index (κ1) is 18.7. The molecule has 1 heterocycles. The maximum Gasteiger partial charge on any atom is 0.317 e. The number of nitrogens with zero attached hydrogens (tertiary/aromatic N) is 2. The summed E-state index contributed by atoms with van der Waals surface area (Å²) in [6.45, 7) is 4.88. The van der Waals surface area contributed by atoms with Crippen molar-refractivity contribution >= 4 is 17.7 Å². The number of nitro benzene ring substituents is 1. The normalized spacial score (nSPS) is 16.2. The Hall–Kier alpha value is -2.64. The number of non-ortho nitro benzene ring substituents is 1. The second-order valence-electron chi connectivity index (χ2n) is 6.04. The average molecular weight is 349 g/mol. The SMILES string of the molecule is CCOC(=O)C1CCN(C(=O)NC(C)c2cccc([N+](=O)[O-])c2)CC1. The molecule has 8 nitrogen and oxygen atoms in total. The molecule has 2 amide bonds. The largest absolute Gasteiger partial charge is 0.466 e. The number of hydrogen-bond acceptors (Lipinski definition) is 5. The van der Waals surface area contributed by atoms with Gasteiger partial charge in [0.2, 0.25) is 0 Å². The van der Waals surface area contributed by atoms with Crippen LogP contribution in [0.4, 0.5) is 10.5 Å². The molecule has 1 N–H and O–H groups in total. The number of urea groups is 1. The summed E-state index contributed by atoms with van der Waals surface area (Å²) in [5.41, 5.74) is 0.665. The highest BCUT2D eigenvalue weighted by atomic mass is 16.6. The fourth-order valence-electron chi connectivity index (χ4n) is 2.85. The van der Waals surface area contributed by atoms with E-state index in [2.05, 4.69) is 5.32 Å². The molecule has 2 rings (SSSR count). The molecular weight excluding hydrogens is 326 g/mol. The predicted molar refractivity (Wildman–Crippen MR) is 91.0 cm³/mol. The molecule has 0 aromatic heterocycles. The topological polar surface area (TPSA) is 102 Å². The highest BCUT2D eigenvalue weighted by molar-refractivity contribution is 5.76. The molecule has 0 spiro atoms. The van der Waals surface area contributed by atoms with Gasteiger partial charge in [0.05, 0.1) is 23.5 Å². The molecule has 0 saturated carbocycles. The third kappa shape index (κ3) is 4.91. The van der Waals surface area contributed by atoms with Gasteiger partial charge in [0.25, 0.3) is 5.69 Å². The lowest BCUT2D eigenvalue weighted by Crippen LogP contribution is -2.46. The zero-order valence-corrected chi connectivity index (χ0v) is 14.4. The van der Waals surface area contributed by atoms with Crippen LogP contribution in [0.25, 0.3) is 0 Å². The number of ether oxygens (including phenoxy) is 1. The minimum absolute atomic E-state index is 0.00569. The van der Waals surface area contributed by atoms with E-state index >= 15 is 0 Å². The number of nitrogens with one attached hydrogen (secondary N) is 1. The Balaban J connectivity index is 1.89. The lowest BCUT2D eigenvalue weighted by Gasteiger charge is -2.31. The number of amides is 2. The average Bonchev–Trinajstić information content (AvgIpc) is 2.62. The molecule has 1 aromatic rings. The number of carbonyl (C=O) groups is 2. The highest BCUT2D eigenvalue weighted by Gasteiger charge is 2.28. The molecule has 8 heteroatoms. The van der Waals surface area contributed by atoms with Crippen molar-refractivity contribution in [3.05, 3.63) is 39.9 Å². The van der Waals surface area contributed by atoms with Crippen LogP contribution in [0.1, 0.15) is 38.3 Å². The van der Waals surface area contributed by atoms with E-state index in [0.29, 0.717) is 38.1 Å². The minimum atomic E-state index is -0.460. The Bertz CT molecular complexity index is 641. The number of piperidine rings is 1. The van der Waals surface area contributed by atoms with Crippen LogP contribution in [0, 0.1) is 16.0 Å². The fourth-order valence-corrected chi connectivity index (χ4v) is 2.85. The van der Waals surface area contributed by atoms with Crippen LogP contribution >= 0.6 is 0 Å². The van der Waals surface area contributed by atoms with Crippen LogP contribution in [0.2, 0.25) is 0 Å². The fraction of sp³-hybridized carbons (Fsp3) is 0.529. The van der Waals surface area contributed by atoms with Gasteiger partial charge in [0, 0.05) is 25.2 Å². The summed E-state index contributed by atoms with van der Waals surface area (Å²) in [6, 6.07) is 5.62. The second kappa shape index (κ2) is 8.46. The Morgan fingerprint density at radius 3 is 2.68 bits per heavy atom. The maximum absolute atomic E-state index is 12.4. The number of esters is 1. The van der Waals surface area contributed by atoms with Gasteiger partial charge >= 0.3 is 12.0 Å². The van der Waals surface area contributed by atoms with E-state index in [4.69, 9.17) is 4.74 Å². The number of carbonyl (C=O) groups excluding carboxylic acids is 2. The third-order valence-electron chi connectivity index (χ3n) is 4.32. The number of hydrogen-bond donors (Lipinski definition) is 1. The standard InChI is InChI=1S/C17H23N3O5/c1-3-25-16(21)13-7-9-19(10-8-13)17(22)18-12(2)14-5-4-6-15(11-14)20(23)24/h4-6,11-13H,3,7-10H2,1-2H3,(H,18,22). The monoisotopic (exact) mass is 349 g/mol. The summed E-state index contributed by atoms with van der Waals surface area (Å²) >= 11 is 0.